The maximum atomic E-state index is 12.3. The number of amides is 2. The second-order valence-electron chi connectivity index (χ2n) is 6.80. The molecule has 1 heterocycles. The molecule has 2 N–H and O–H groups in total. The van der Waals surface area contributed by atoms with Gasteiger partial charge in [-0.1, -0.05) is 30.3 Å². The van der Waals surface area contributed by atoms with Gasteiger partial charge in [0.2, 0.25) is 0 Å². The minimum absolute atomic E-state index is 0.0982. The van der Waals surface area contributed by atoms with Crippen LogP contribution in [-0.4, -0.2) is 49.3 Å². The minimum Gasteiger partial charge on any atom is -0.444 e. The average molecular weight is 392 g/mol. The van der Waals surface area contributed by atoms with Crippen molar-refractivity contribution in [3.8, 4) is 0 Å². The molecule has 0 spiro atoms. The summed E-state index contributed by atoms with van der Waals surface area (Å²) in [6, 6.07) is 13.2. The Kier molecular flexibility index (Phi) is 4.83. The normalized spacial score (nSPS) is 19.6. The van der Waals surface area contributed by atoms with Gasteiger partial charge in [-0.3, -0.25) is 14.9 Å². The van der Waals surface area contributed by atoms with E-state index < -0.39 is 32.7 Å². The predicted octanol–water partition coefficient (Wildman–Crippen LogP) is 1.86. The Bertz CT molecular complexity index is 1010. The van der Waals surface area contributed by atoms with Crippen molar-refractivity contribution in [3.05, 3.63) is 42.5 Å². The Morgan fingerprint density at radius 1 is 1.30 bits per heavy atom. The molecule has 27 heavy (non-hydrogen) atoms. The smallest absolute Gasteiger partial charge is 0.414 e. The number of nitrogens with zero attached hydrogens (tertiary/aromatic N) is 1. The standard InChI is InChI=1S/C18H20N2O6S/c1-18(16(21)19-23,27(2,24)25)10-15-11-20(17(22)26-15)14-8-7-12-5-3-4-6-13(12)9-14/h3-9,15,23H,10-11H2,1-2H3,(H,19,21). The molecule has 0 radical (unpaired) electrons. The van der Waals surface area contributed by atoms with Crippen molar-refractivity contribution in [2.75, 3.05) is 17.7 Å². The largest absolute Gasteiger partial charge is 0.444 e. The van der Waals surface area contributed by atoms with Gasteiger partial charge >= 0.3 is 6.09 Å². The molecule has 9 heteroatoms. The summed E-state index contributed by atoms with van der Waals surface area (Å²) in [7, 11) is -3.87. The third-order valence-electron chi connectivity index (χ3n) is 4.94. The van der Waals surface area contributed by atoms with Gasteiger partial charge in [-0.25, -0.2) is 18.7 Å². The minimum atomic E-state index is -3.87. The van der Waals surface area contributed by atoms with Crippen molar-refractivity contribution in [1.29, 1.82) is 0 Å². The molecule has 1 fully saturated rings. The molecule has 3 rings (SSSR count). The number of nitrogens with one attached hydrogen (secondary N) is 1. The molecular formula is C18H20N2O6S. The van der Waals surface area contributed by atoms with Crippen molar-refractivity contribution >= 4 is 38.3 Å². The number of carbonyl (C=O) groups excluding carboxylic acids is 2. The second kappa shape index (κ2) is 6.82. The lowest BCUT2D eigenvalue weighted by molar-refractivity contribution is -0.132. The number of fused-ring (bicyclic) bond motifs is 1. The summed E-state index contributed by atoms with van der Waals surface area (Å²) in [4.78, 5) is 25.7. The number of carbonyl (C=O) groups is 2. The third-order valence-corrected chi connectivity index (χ3v) is 6.93. The maximum Gasteiger partial charge on any atom is 0.414 e. The fraction of sp³-hybridized carbons (Fsp3) is 0.333. The van der Waals surface area contributed by atoms with E-state index in [0.29, 0.717) is 5.69 Å². The van der Waals surface area contributed by atoms with Gasteiger partial charge in [0.25, 0.3) is 5.91 Å². The van der Waals surface area contributed by atoms with E-state index in [-0.39, 0.29) is 13.0 Å². The highest BCUT2D eigenvalue weighted by atomic mass is 32.2. The topological polar surface area (TPSA) is 113 Å². The quantitative estimate of drug-likeness (QED) is 0.593. The van der Waals surface area contributed by atoms with Crippen molar-refractivity contribution in [2.24, 2.45) is 0 Å². The van der Waals surface area contributed by atoms with Gasteiger partial charge in [0.1, 0.15) is 6.10 Å². The zero-order chi connectivity index (χ0) is 19.8. The van der Waals surface area contributed by atoms with Crippen LogP contribution in [0.4, 0.5) is 10.5 Å². The summed E-state index contributed by atoms with van der Waals surface area (Å²) in [5.41, 5.74) is 2.01. The predicted molar refractivity (Wildman–Crippen MR) is 99.4 cm³/mol. The number of anilines is 1. The summed E-state index contributed by atoms with van der Waals surface area (Å²) in [5, 5.41) is 10.9. The number of sulfone groups is 1. The van der Waals surface area contributed by atoms with Crippen LogP contribution in [0.2, 0.25) is 0 Å². The Labute approximate surface area is 156 Å². The van der Waals surface area contributed by atoms with Gasteiger partial charge in [-0.15, -0.1) is 0 Å². The van der Waals surface area contributed by atoms with E-state index >= 15 is 0 Å². The maximum absolute atomic E-state index is 12.3. The van der Waals surface area contributed by atoms with Gasteiger partial charge in [-0.2, -0.15) is 0 Å². The molecule has 1 aliphatic heterocycles. The zero-order valence-corrected chi connectivity index (χ0v) is 15.7. The Morgan fingerprint density at radius 2 is 1.96 bits per heavy atom. The van der Waals surface area contributed by atoms with Crippen LogP contribution in [0.5, 0.6) is 0 Å². The molecule has 2 atom stereocenters. The first kappa shape index (κ1) is 19.1. The Morgan fingerprint density at radius 3 is 2.59 bits per heavy atom. The van der Waals surface area contributed by atoms with E-state index in [0.717, 1.165) is 17.0 Å². The van der Waals surface area contributed by atoms with Crippen LogP contribution in [0.1, 0.15) is 13.3 Å². The zero-order valence-electron chi connectivity index (χ0n) is 14.9. The van der Waals surface area contributed by atoms with Crippen molar-refractivity contribution in [1.82, 2.24) is 5.48 Å². The van der Waals surface area contributed by atoms with Crippen molar-refractivity contribution in [3.63, 3.8) is 0 Å². The van der Waals surface area contributed by atoms with E-state index in [1.807, 2.05) is 36.4 Å². The summed E-state index contributed by atoms with van der Waals surface area (Å²) >= 11 is 0. The average Bonchev–Trinajstić information content (AvgIpc) is 2.99. The van der Waals surface area contributed by atoms with Crippen LogP contribution in [-0.2, 0) is 19.4 Å². The summed E-state index contributed by atoms with van der Waals surface area (Å²) in [5.74, 6) is -1.06. The van der Waals surface area contributed by atoms with Gasteiger partial charge < -0.3 is 4.74 Å². The SMILES string of the molecule is CC(CC1CN(c2ccc3ccccc3c2)C(=O)O1)(C(=O)NO)S(C)(=O)=O. The Balaban J connectivity index is 1.85. The number of hydroxylamine groups is 1. The molecule has 1 saturated heterocycles. The highest BCUT2D eigenvalue weighted by Gasteiger charge is 2.48. The number of cyclic esters (lactones) is 1. The molecule has 0 aromatic heterocycles. The molecule has 0 aliphatic carbocycles. The van der Waals surface area contributed by atoms with Crippen LogP contribution < -0.4 is 10.4 Å². The molecule has 2 aromatic rings. The summed E-state index contributed by atoms with van der Waals surface area (Å²) in [6.07, 6.45) is -0.801. The van der Waals surface area contributed by atoms with Crippen molar-refractivity contribution < 1.29 is 28.0 Å². The van der Waals surface area contributed by atoms with E-state index in [1.165, 1.54) is 17.3 Å². The molecule has 2 amide bonds. The van der Waals surface area contributed by atoms with Crippen LogP contribution >= 0.6 is 0 Å². The molecule has 0 saturated carbocycles. The number of hydrogen-bond acceptors (Lipinski definition) is 6. The number of hydrogen-bond donors (Lipinski definition) is 2. The van der Waals surface area contributed by atoms with Gasteiger partial charge in [0.05, 0.1) is 6.54 Å². The monoisotopic (exact) mass is 392 g/mol. The first-order chi connectivity index (χ1) is 12.7. The lowest BCUT2D eigenvalue weighted by atomic mass is 10.0. The van der Waals surface area contributed by atoms with Gasteiger partial charge in [0.15, 0.2) is 14.6 Å². The molecular weight excluding hydrogens is 372 g/mol. The van der Waals surface area contributed by atoms with E-state index in [9.17, 15) is 18.0 Å². The fourth-order valence-electron chi connectivity index (χ4n) is 3.15. The van der Waals surface area contributed by atoms with Gasteiger partial charge in [-0.05, 0) is 29.8 Å². The molecule has 2 unspecified atom stereocenters. The van der Waals surface area contributed by atoms with Crippen molar-refractivity contribution in [2.45, 2.75) is 24.2 Å². The van der Waals surface area contributed by atoms with E-state index in [4.69, 9.17) is 9.94 Å². The number of rotatable bonds is 5. The first-order valence-electron chi connectivity index (χ1n) is 8.27. The molecule has 2 aromatic carbocycles. The molecule has 1 aliphatic rings. The summed E-state index contributed by atoms with van der Waals surface area (Å²) in [6.45, 7) is 1.29. The van der Waals surface area contributed by atoms with E-state index in [2.05, 4.69) is 0 Å². The summed E-state index contributed by atoms with van der Waals surface area (Å²) < 4.78 is 27.6. The third kappa shape index (κ3) is 3.47. The first-order valence-corrected chi connectivity index (χ1v) is 10.2. The molecule has 0 bridgehead atoms. The lowest BCUT2D eigenvalue weighted by Gasteiger charge is -2.26. The van der Waals surface area contributed by atoms with Gasteiger partial charge in [0, 0.05) is 18.4 Å². The fourth-order valence-corrected chi connectivity index (χ4v) is 4.02. The highest BCUT2D eigenvalue weighted by Crippen LogP contribution is 2.31. The van der Waals surface area contributed by atoms with Crippen LogP contribution in [0.25, 0.3) is 10.8 Å². The molecule has 144 valence electrons. The highest BCUT2D eigenvalue weighted by molar-refractivity contribution is 7.92. The number of benzene rings is 2. The second-order valence-corrected chi connectivity index (χ2v) is 9.24. The lowest BCUT2D eigenvalue weighted by Crippen LogP contribution is -2.51. The van der Waals surface area contributed by atoms with Crippen LogP contribution in [0.3, 0.4) is 0 Å². The Hall–Kier alpha value is -2.65. The molecule has 8 nitrogen and oxygen atoms in total. The van der Waals surface area contributed by atoms with Crippen LogP contribution in [0.15, 0.2) is 42.5 Å². The number of ether oxygens (including phenoxy) is 1. The van der Waals surface area contributed by atoms with E-state index in [1.54, 1.807) is 6.07 Å². The van der Waals surface area contributed by atoms with Crippen LogP contribution in [0, 0.1) is 0 Å².